The van der Waals surface area contributed by atoms with Crippen molar-refractivity contribution in [1.82, 2.24) is 19.6 Å². The first-order valence-corrected chi connectivity index (χ1v) is 9.00. The molecule has 1 N–H and O–H groups in total. The van der Waals surface area contributed by atoms with E-state index in [0.29, 0.717) is 22.1 Å². The Kier molecular flexibility index (Phi) is 3.91. The molecule has 4 aromatic rings. The lowest BCUT2D eigenvalue weighted by atomic mass is 10.1. The molecular formula is C18H16N4O3S. The number of thioether (sulfide) groups is 1. The van der Waals surface area contributed by atoms with Crippen molar-refractivity contribution in [2.45, 2.75) is 31.7 Å². The Morgan fingerprint density at radius 2 is 2.00 bits per heavy atom. The number of hydrogen-bond donors (Lipinski definition) is 1. The highest BCUT2D eigenvalue weighted by atomic mass is 32.2. The molecule has 0 aliphatic rings. The van der Waals surface area contributed by atoms with Crippen LogP contribution < -0.4 is 5.63 Å². The van der Waals surface area contributed by atoms with Crippen molar-refractivity contribution in [2.24, 2.45) is 0 Å². The summed E-state index contributed by atoms with van der Waals surface area (Å²) in [5.74, 6) is 1.43. The van der Waals surface area contributed by atoms with Gasteiger partial charge in [0.1, 0.15) is 17.2 Å². The molecule has 1 aromatic carbocycles. The fourth-order valence-electron chi connectivity index (χ4n) is 2.97. The van der Waals surface area contributed by atoms with Crippen molar-refractivity contribution in [3.63, 3.8) is 0 Å². The number of hydrogen-bond acceptors (Lipinski definition) is 7. The van der Waals surface area contributed by atoms with Crippen molar-refractivity contribution < 1.29 is 9.52 Å². The SMILES string of the molecule is Cc1cc2nnc(SCc3cc(=O)oc4c(C)c(O)ccc34)n2c(C)n1. The number of phenols is 1. The summed E-state index contributed by atoms with van der Waals surface area (Å²) in [4.78, 5) is 16.4. The molecule has 3 heterocycles. The largest absolute Gasteiger partial charge is 0.508 e. The highest BCUT2D eigenvalue weighted by Gasteiger charge is 2.14. The summed E-state index contributed by atoms with van der Waals surface area (Å²) < 4.78 is 7.18. The van der Waals surface area contributed by atoms with Crippen molar-refractivity contribution in [2.75, 3.05) is 0 Å². The van der Waals surface area contributed by atoms with Gasteiger partial charge in [0.2, 0.25) is 0 Å². The summed E-state index contributed by atoms with van der Waals surface area (Å²) in [6, 6.07) is 6.72. The normalized spacial score (nSPS) is 11.5. The summed E-state index contributed by atoms with van der Waals surface area (Å²) in [5.41, 5.74) is 2.97. The van der Waals surface area contributed by atoms with Crippen molar-refractivity contribution in [1.29, 1.82) is 0 Å². The van der Waals surface area contributed by atoms with Crippen LogP contribution in [-0.2, 0) is 5.75 Å². The minimum Gasteiger partial charge on any atom is -0.508 e. The second-order valence-corrected chi connectivity index (χ2v) is 7.03. The van der Waals surface area contributed by atoms with E-state index < -0.39 is 5.63 Å². The molecule has 0 aliphatic heterocycles. The van der Waals surface area contributed by atoms with E-state index in [1.54, 1.807) is 19.1 Å². The molecule has 8 heteroatoms. The Hall–Kier alpha value is -2.87. The highest BCUT2D eigenvalue weighted by Crippen LogP contribution is 2.30. The molecule has 0 fully saturated rings. The van der Waals surface area contributed by atoms with E-state index in [-0.39, 0.29) is 5.75 Å². The molecular weight excluding hydrogens is 352 g/mol. The van der Waals surface area contributed by atoms with Crippen LogP contribution in [0.4, 0.5) is 0 Å². The minimum absolute atomic E-state index is 0.103. The van der Waals surface area contributed by atoms with Gasteiger partial charge in [0.15, 0.2) is 10.8 Å². The van der Waals surface area contributed by atoms with E-state index in [4.69, 9.17) is 4.42 Å². The fraction of sp³-hybridized carbons (Fsp3) is 0.222. The van der Waals surface area contributed by atoms with Crippen molar-refractivity contribution in [3.05, 3.63) is 57.3 Å². The van der Waals surface area contributed by atoms with Crippen LogP contribution in [0.5, 0.6) is 5.75 Å². The molecule has 26 heavy (non-hydrogen) atoms. The van der Waals surface area contributed by atoms with E-state index in [1.807, 2.05) is 24.3 Å². The van der Waals surface area contributed by atoms with Crippen molar-refractivity contribution >= 4 is 28.4 Å². The molecule has 0 amide bonds. The number of aromatic nitrogens is 4. The van der Waals surface area contributed by atoms with Gasteiger partial charge in [-0.05, 0) is 38.5 Å². The van der Waals surface area contributed by atoms with Gasteiger partial charge in [0, 0.05) is 34.5 Å². The Morgan fingerprint density at radius 3 is 2.81 bits per heavy atom. The fourth-order valence-corrected chi connectivity index (χ4v) is 3.95. The van der Waals surface area contributed by atoms with Crippen LogP contribution >= 0.6 is 11.8 Å². The maximum atomic E-state index is 11.9. The predicted molar refractivity (Wildman–Crippen MR) is 98.7 cm³/mol. The van der Waals surface area contributed by atoms with Gasteiger partial charge in [0.05, 0.1) is 0 Å². The third kappa shape index (κ3) is 2.72. The number of rotatable bonds is 3. The van der Waals surface area contributed by atoms with E-state index in [1.165, 1.54) is 17.8 Å². The monoisotopic (exact) mass is 368 g/mol. The summed E-state index contributed by atoms with van der Waals surface area (Å²) in [5, 5.41) is 19.8. The molecule has 132 valence electrons. The molecule has 0 radical (unpaired) electrons. The molecule has 0 bridgehead atoms. The lowest BCUT2D eigenvalue weighted by Crippen LogP contribution is -2.02. The van der Waals surface area contributed by atoms with Crippen LogP contribution in [0.15, 0.2) is 38.6 Å². The van der Waals surface area contributed by atoms with Gasteiger partial charge in [-0.3, -0.25) is 4.40 Å². The Labute approximate surface area is 152 Å². The zero-order chi connectivity index (χ0) is 18.4. The number of aryl methyl sites for hydroxylation is 3. The number of phenolic OH excluding ortho intramolecular Hbond substituents is 1. The topological polar surface area (TPSA) is 93.5 Å². The second-order valence-electron chi connectivity index (χ2n) is 6.09. The summed E-state index contributed by atoms with van der Waals surface area (Å²) in [6.07, 6.45) is 0. The van der Waals surface area contributed by atoms with Gasteiger partial charge in [-0.2, -0.15) is 0 Å². The number of nitrogens with zero attached hydrogens (tertiary/aromatic N) is 4. The van der Waals surface area contributed by atoms with Crippen LogP contribution in [0.1, 0.15) is 22.6 Å². The smallest absolute Gasteiger partial charge is 0.336 e. The number of aromatic hydroxyl groups is 1. The third-order valence-electron chi connectivity index (χ3n) is 4.23. The van der Waals surface area contributed by atoms with Gasteiger partial charge in [-0.25, -0.2) is 9.78 Å². The Bertz CT molecular complexity index is 1210. The van der Waals surface area contributed by atoms with Crippen LogP contribution in [-0.4, -0.2) is 24.7 Å². The molecule has 7 nitrogen and oxygen atoms in total. The standard InChI is InChI=1S/C18H16N4O3S/c1-9-6-15-20-21-18(22(15)11(3)19-9)26-8-12-7-16(24)25-17-10(2)14(23)5-4-13(12)17/h4-7,23H,8H2,1-3H3. The van der Waals surface area contributed by atoms with E-state index in [9.17, 15) is 9.90 Å². The first-order valence-electron chi connectivity index (χ1n) is 8.01. The minimum atomic E-state index is -0.443. The third-order valence-corrected chi connectivity index (χ3v) is 5.21. The highest BCUT2D eigenvalue weighted by molar-refractivity contribution is 7.98. The molecule has 0 spiro atoms. The van der Waals surface area contributed by atoms with Gasteiger partial charge in [-0.15, -0.1) is 10.2 Å². The van der Waals surface area contributed by atoms with E-state index in [2.05, 4.69) is 15.2 Å². The first-order chi connectivity index (χ1) is 12.4. The lowest BCUT2D eigenvalue weighted by Gasteiger charge is -2.08. The van der Waals surface area contributed by atoms with Gasteiger partial charge in [-0.1, -0.05) is 11.8 Å². The van der Waals surface area contributed by atoms with Gasteiger partial charge in [0.25, 0.3) is 0 Å². The molecule has 0 unspecified atom stereocenters. The first kappa shape index (κ1) is 16.6. The Morgan fingerprint density at radius 1 is 1.19 bits per heavy atom. The maximum Gasteiger partial charge on any atom is 0.336 e. The lowest BCUT2D eigenvalue weighted by molar-refractivity contribution is 0.468. The average molecular weight is 368 g/mol. The molecule has 0 saturated carbocycles. The van der Waals surface area contributed by atoms with Crippen molar-refractivity contribution in [3.8, 4) is 5.75 Å². The van der Waals surface area contributed by atoms with E-state index >= 15 is 0 Å². The second kappa shape index (κ2) is 6.14. The maximum absolute atomic E-state index is 11.9. The summed E-state index contributed by atoms with van der Waals surface area (Å²) in [7, 11) is 0. The summed E-state index contributed by atoms with van der Waals surface area (Å²) in [6.45, 7) is 5.55. The molecule has 4 rings (SSSR count). The summed E-state index contributed by atoms with van der Waals surface area (Å²) >= 11 is 1.47. The van der Waals surface area contributed by atoms with Gasteiger partial charge >= 0.3 is 5.63 Å². The molecule has 0 saturated heterocycles. The number of benzene rings is 1. The van der Waals surface area contributed by atoms with Crippen LogP contribution in [0, 0.1) is 20.8 Å². The zero-order valence-corrected chi connectivity index (χ0v) is 15.3. The molecule has 0 aliphatic carbocycles. The zero-order valence-electron chi connectivity index (χ0n) is 14.5. The van der Waals surface area contributed by atoms with Gasteiger partial charge < -0.3 is 9.52 Å². The molecule has 3 aromatic heterocycles. The van der Waals surface area contributed by atoms with Crippen LogP contribution in [0.25, 0.3) is 16.6 Å². The Balaban J connectivity index is 1.75. The predicted octanol–water partition coefficient (Wildman–Crippen LogP) is 3.15. The number of fused-ring (bicyclic) bond motifs is 2. The van der Waals surface area contributed by atoms with E-state index in [0.717, 1.165) is 28.1 Å². The van der Waals surface area contributed by atoms with Crippen LogP contribution in [0.3, 0.4) is 0 Å². The molecule has 0 atom stereocenters. The quantitative estimate of drug-likeness (QED) is 0.438. The average Bonchev–Trinajstić information content (AvgIpc) is 2.99. The van der Waals surface area contributed by atoms with Crippen LogP contribution in [0.2, 0.25) is 0 Å².